The Kier molecular flexibility index (Phi) is 6.68. The lowest BCUT2D eigenvalue weighted by atomic mass is 10.1. The molecule has 13 nitrogen and oxygen atoms in total. The number of fused-ring (bicyclic) bond motifs is 1. The number of thioether (sulfide) groups is 1. The number of oxime groups is 1. The fourth-order valence-corrected chi connectivity index (χ4v) is 4.36. The third kappa shape index (κ3) is 5.34. The van der Waals surface area contributed by atoms with E-state index in [0.29, 0.717) is 0 Å². The number of hydrogen-bond donors (Lipinski definition) is 3. The number of hydrogen-bond acceptors (Lipinski definition) is 12. The van der Waals surface area contributed by atoms with Crippen molar-refractivity contribution in [3.8, 4) is 0 Å². The van der Waals surface area contributed by atoms with Crippen molar-refractivity contribution in [2.24, 2.45) is 5.16 Å². The molecule has 0 aliphatic carbocycles. The van der Waals surface area contributed by atoms with E-state index in [2.05, 4.69) is 19.8 Å². The largest absolute Gasteiger partial charge is 0.478 e. The first-order valence-electron chi connectivity index (χ1n) is 9.16. The van der Waals surface area contributed by atoms with Crippen LogP contribution in [0.2, 0.25) is 0 Å². The number of nitrogens with zero attached hydrogens (tertiary/aromatic N) is 4. The number of aromatic nitrogens is 2. The van der Waals surface area contributed by atoms with Gasteiger partial charge >= 0.3 is 11.9 Å². The number of carboxylic acid groups (broad SMARTS) is 1. The summed E-state index contributed by atoms with van der Waals surface area (Å²) in [6, 6.07) is -0.911. The Balaban J connectivity index is 1.69. The van der Waals surface area contributed by atoms with Crippen molar-refractivity contribution in [1.82, 2.24) is 19.6 Å². The number of nitrogen functional groups attached to an aromatic ring is 1. The van der Waals surface area contributed by atoms with Gasteiger partial charge in [0.2, 0.25) is 18.1 Å². The molecule has 2 amide bonds. The quantitative estimate of drug-likeness (QED) is 0.197. The van der Waals surface area contributed by atoms with Crippen LogP contribution in [0.25, 0.3) is 0 Å². The number of esters is 1. The topological polar surface area (TPSA) is 186 Å². The number of nitrogens with two attached hydrogens (primary N) is 1. The van der Waals surface area contributed by atoms with Crippen molar-refractivity contribution in [2.45, 2.75) is 37.8 Å². The number of carboxylic acids is 1. The molecule has 0 saturated carbocycles. The van der Waals surface area contributed by atoms with Crippen LogP contribution in [0.15, 0.2) is 16.9 Å². The fraction of sp³-hybridized carbons (Fsp3) is 0.471. The normalized spacial score (nSPS) is 20.6. The van der Waals surface area contributed by atoms with Crippen LogP contribution in [0.4, 0.5) is 5.13 Å². The van der Waals surface area contributed by atoms with E-state index in [1.54, 1.807) is 20.8 Å². The number of aliphatic carboxylic acids is 1. The van der Waals surface area contributed by atoms with Gasteiger partial charge in [-0.1, -0.05) is 5.16 Å². The summed E-state index contributed by atoms with van der Waals surface area (Å²) in [5, 5.41) is 14.9. The van der Waals surface area contributed by atoms with Gasteiger partial charge < -0.3 is 30.6 Å². The van der Waals surface area contributed by atoms with Crippen molar-refractivity contribution in [1.29, 1.82) is 0 Å². The highest BCUT2D eigenvalue weighted by atomic mass is 32.2. The Hall–Kier alpha value is -3.20. The SMILES string of the molecule is CC(C)(C)OC(=O)CON=C(C(=O)NC1C(=O)N2C=C(C(=O)O)CS[C@H]12)c1nsc(N)n1. The highest BCUT2D eigenvalue weighted by molar-refractivity contribution is 8.00. The maximum absolute atomic E-state index is 12.8. The number of nitrogens with one attached hydrogen (secondary N) is 1. The van der Waals surface area contributed by atoms with Crippen LogP contribution in [0, 0.1) is 0 Å². The van der Waals surface area contributed by atoms with Crippen LogP contribution in [0.1, 0.15) is 26.6 Å². The number of β-lactam (4-membered cyclic amide) rings is 1. The van der Waals surface area contributed by atoms with Gasteiger partial charge in [0.1, 0.15) is 17.0 Å². The first-order chi connectivity index (χ1) is 15.0. The molecule has 2 aliphatic heterocycles. The summed E-state index contributed by atoms with van der Waals surface area (Å²) in [7, 11) is 0. The van der Waals surface area contributed by atoms with Gasteiger partial charge in [-0.15, -0.1) is 11.8 Å². The molecule has 172 valence electrons. The van der Waals surface area contributed by atoms with Crippen LogP contribution in [0.3, 0.4) is 0 Å². The van der Waals surface area contributed by atoms with Crippen LogP contribution >= 0.6 is 23.3 Å². The molecule has 1 fully saturated rings. The highest BCUT2D eigenvalue weighted by Gasteiger charge is 2.50. The lowest BCUT2D eigenvalue weighted by Crippen LogP contribution is -2.69. The van der Waals surface area contributed by atoms with Crippen LogP contribution in [0.5, 0.6) is 0 Å². The van der Waals surface area contributed by atoms with E-state index in [1.165, 1.54) is 22.9 Å². The molecule has 1 aromatic heterocycles. The smallest absolute Gasteiger partial charge is 0.347 e. The molecule has 3 heterocycles. The van der Waals surface area contributed by atoms with E-state index in [0.717, 1.165) is 11.5 Å². The van der Waals surface area contributed by atoms with Crippen molar-refractivity contribution >= 4 is 57.9 Å². The lowest BCUT2D eigenvalue weighted by Gasteiger charge is -2.46. The number of carbonyl (C=O) groups excluding carboxylic acids is 3. The Morgan fingerprint density at radius 1 is 1.41 bits per heavy atom. The summed E-state index contributed by atoms with van der Waals surface area (Å²) >= 11 is 2.03. The molecule has 1 aromatic rings. The van der Waals surface area contributed by atoms with E-state index < -0.39 is 47.4 Å². The van der Waals surface area contributed by atoms with Gasteiger partial charge in [-0.2, -0.15) is 9.36 Å². The van der Waals surface area contributed by atoms with E-state index in [9.17, 15) is 19.2 Å². The van der Waals surface area contributed by atoms with Gasteiger partial charge in [0.05, 0.1) is 5.57 Å². The molecular formula is C17H20N6O7S2. The Bertz CT molecular complexity index is 1020. The third-order valence-corrected chi connectivity index (χ3v) is 5.83. The molecule has 4 N–H and O–H groups in total. The van der Waals surface area contributed by atoms with E-state index in [1.807, 2.05) is 0 Å². The van der Waals surface area contributed by atoms with Crippen LogP contribution in [-0.2, 0) is 28.8 Å². The lowest BCUT2D eigenvalue weighted by molar-refractivity contribution is -0.160. The van der Waals surface area contributed by atoms with Gasteiger partial charge in [-0.05, 0) is 20.8 Å². The van der Waals surface area contributed by atoms with E-state index >= 15 is 0 Å². The van der Waals surface area contributed by atoms with Gasteiger partial charge in [-0.3, -0.25) is 9.59 Å². The number of amides is 2. The third-order valence-electron chi connectivity index (χ3n) is 3.97. The summed E-state index contributed by atoms with van der Waals surface area (Å²) in [5.74, 6) is -3.06. The van der Waals surface area contributed by atoms with E-state index in [4.69, 9.17) is 20.4 Å². The van der Waals surface area contributed by atoms with Crippen LogP contribution in [-0.4, -0.2) is 78.2 Å². The molecule has 0 bridgehead atoms. The molecule has 0 aromatic carbocycles. The molecule has 1 unspecified atom stereocenters. The Morgan fingerprint density at radius 2 is 2.12 bits per heavy atom. The average Bonchev–Trinajstić information content (AvgIpc) is 3.12. The Morgan fingerprint density at radius 3 is 2.72 bits per heavy atom. The molecule has 1 saturated heterocycles. The first-order valence-corrected chi connectivity index (χ1v) is 11.0. The number of ether oxygens (including phenoxy) is 1. The van der Waals surface area contributed by atoms with Crippen molar-refractivity contribution < 1.29 is 33.9 Å². The summed E-state index contributed by atoms with van der Waals surface area (Å²) < 4.78 is 9.01. The minimum absolute atomic E-state index is 0.0766. The maximum Gasteiger partial charge on any atom is 0.347 e. The van der Waals surface area contributed by atoms with Crippen molar-refractivity contribution in [3.05, 3.63) is 17.6 Å². The summed E-state index contributed by atoms with van der Waals surface area (Å²) in [6.07, 6.45) is 1.26. The molecule has 15 heteroatoms. The van der Waals surface area contributed by atoms with Gasteiger partial charge in [0.15, 0.2) is 5.13 Å². The van der Waals surface area contributed by atoms with Crippen molar-refractivity contribution in [2.75, 3.05) is 18.1 Å². The predicted octanol–water partition coefficient (Wildman–Crippen LogP) is -0.449. The predicted molar refractivity (Wildman–Crippen MR) is 113 cm³/mol. The highest BCUT2D eigenvalue weighted by Crippen LogP contribution is 2.36. The second-order valence-corrected chi connectivity index (χ2v) is 9.50. The fourth-order valence-electron chi connectivity index (χ4n) is 2.68. The molecule has 0 radical (unpaired) electrons. The molecular weight excluding hydrogens is 464 g/mol. The van der Waals surface area contributed by atoms with Gasteiger partial charge in [0, 0.05) is 23.5 Å². The second-order valence-electron chi connectivity index (χ2n) is 7.61. The monoisotopic (exact) mass is 484 g/mol. The average molecular weight is 485 g/mol. The Labute approximate surface area is 190 Å². The van der Waals surface area contributed by atoms with Crippen LogP contribution < -0.4 is 11.1 Å². The minimum Gasteiger partial charge on any atom is -0.478 e. The molecule has 0 spiro atoms. The summed E-state index contributed by atoms with van der Waals surface area (Å²) in [4.78, 5) is 58.2. The minimum atomic E-state index is -1.11. The standard InChI is InChI=1S/C17H20N6O7S2/c1-17(2,3)30-8(24)5-29-21-9(11-20-16(18)32-22-11)12(25)19-10-13(26)23-4-7(15(27)28)6-31-14(10)23/h4,10,14H,5-6H2,1-3H3,(H,19,25)(H,27,28)(H2,18,20,22)/t10?,14-/m1/s1. The maximum atomic E-state index is 12.8. The molecule has 2 aliphatic rings. The summed E-state index contributed by atoms with van der Waals surface area (Å²) in [6.45, 7) is 4.49. The van der Waals surface area contributed by atoms with Gasteiger partial charge in [0.25, 0.3) is 11.8 Å². The van der Waals surface area contributed by atoms with Crippen molar-refractivity contribution in [3.63, 3.8) is 0 Å². The van der Waals surface area contributed by atoms with E-state index in [-0.39, 0.29) is 28.0 Å². The van der Waals surface area contributed by atoms with Gasteiger partial charge in [-0.25, -0.2) is 9.59 Å². The zero-order valence-electron chi connectivity index (χ0n) is 17.2. The first kappa shape index (κ1) is 23.5. The number of rotatable bonds is 7. The molecule has 2 atom stereocenters. The molecule has 3 rings (SSSR count). The second kappa shape index (κ2) is 9.12. The zero-order valence-corrected chi connectivity index (χ0v) is 18.9. The summed E-state index contributed by atoms with van der Waals surface area (Å²) in [5.41, 5.74) is 4.56. The number of anilines is 1. The molecule has 32 heavy (non-hydrogen) atoms. The number of carbonyl (C=O) groups is 4. The zero-order chi connectivity index (χ0) is 23.6.